The molecule has 2 aliphatic rings. The van der Waals surface area contributed by atoms with Crippen LogP contribution in [-0.4, -0.2) is 51.9 Å². The number of amides is 2. The summed E-state index contributed by atoms with van der Waals surface area (Å²) in [6.07, 6.45) is 3.70. The lowest BCUT2D eigenvalue weighted by molar-refractivity contribution is -0.153. The quantitative estimate of drug-likeness (QED) is 0.294. The Morgan fingerprint density at radius 2 is 1.90 bits per heavy atom. The van der Waals surface area contributed by atoms with E-state index in [0.717, 1.165) is 16.0 Å². The number of halogens is 1. The zero-order chi connectivity index (χ0) is 27.4. The molecule has 0 saturated carbocycles. The summed E-state index contributed by atoms with van der Waals surface area (Å²) in [7, 11) is 1.58. The van der Waals surface area contributed by atoms with Crippen LogP contribution in [0.1, 0.15) is 16.0 Å². The first-order valence-electron chi connectivity index (χ1n) is 12.0. The van der Waals surface area contributed by atoms with Crippen molar-refractivity contribution in [3.8, 4) is 5.75 Å². The summed E-state index contributed by atoms with van der Waals surface area (Å²) >= 11 is 8.97. The van der Waals surface area contributed by atoms with Crippen molar-refractivity contribution < 1.29 is 23.9 Å². The molecule has 8 nitrogen and oxygen atoms in total. The molecule has 0 radical (unpaired) electrons. The molecule has 1 N–H and O–H groups in total. The third-order valence-electron chi connectivity index (χ3n) is 6.23. The number of esters is 1. The van der Waals surface area contributed by atoms with Crippen LogP contribution in [0.5, 0.6) is 5.75 Å². The number of hydrogen-bond acceptors (Lipinski definition) is 8. The van der Waals surface area contributed by atoms with Gasteiger partial charge in [-0.1, -0.05) is 60.1 Å². The summed E-state index contributed by atoms with van der Waals surface area (Å²) in [6, 6.07) is 15.8. The molecule has 0 bridgehead atoms. The highest BCUT2D eigenvalue weighted by Crippen LogP contribution is 2.41. The smallest absolute Gasteiger partial charge is 0.355 e. The fourth-order valence-corrected chi connectivity index (χ4v) is 6.42. The summed E-state index contributed by atoms with van der Waals surface area (Å²) in [5.74, 6) is -0.0850. The zero-order valence-corrected chi connectivity index (χ0v) is 23.2. The number of fused-ring (bicyclic) bond motifs is 1. The maximum atomic E-state index is 13.4. The van der Waals surface area contributed by atoms with Gasteiger partial charge in [-0.15, -0.1) is 23.1 Å². The number of aromatic nitrogens is 1. The molecular weight excluding hydrogens is 558 g/mol. The van der Waals surface area contributed by atoms with E-state index in [9.17, 15) is 14.4 Å². The Balaban J connectivity index is 1.34. The van der Waals surface area contributed by atoms with E-state index in [1.54, 1.807) is 49.0 Å². The van der Waals surface area contributed by atoms with Crippen LogP contribution in [0, 0.1) is 0 Å². The highest BCUT2D eigenvalue weighted by molar-refractivity contribution is 8.00. The number of thioether (sulfide) groups is 1. The molecular formula is C28H24ClN3O5S2. The molecule has 1 unspecified atom stereocenters. The van der Waals surface area contributed by atoms with Crippen LogP contribution in [0.2, 0.25) is 5.15 Å². The van der Waals surface area contributed by atoms with Gasteiger partial charge in [0.25, 0.3) is 5.91 Å². The fraction of sp³-hybridized carbons (Fsp3) is 0.214. The van der Waals surface area contributed by atoms with Gasteiger partial charge in [-0.05, 0) is 34.9 Å². The first kappa shape index (κ1) is 27.0. The van der Waals surface area contributed by atoms with Crippen molar-refractivity contribution >= 4 is 58.6 Å². The molecule has 2 aromatic carbocycles. The Bertz CT molecular complexity index is 1440. The van der Waals surface area contributed by atoms with E-state index in [1.165, 1.54) is 28.0 Å². The van der Waals surface area contributed by atoms with Gasteiger partial charge in [0.2, 0.25) is 5.91 Å². The molecule has 11 heteroatoms. The van der Waals surface area contributed by atoms with Gasteiger partial charge >= 0.3 is 5.97 Å². The standard InChI is InChI=1S/C28H24ClN3O5S2/c1-36-20-10-7-18(8-11-20)14-37-28(35)24-19(9-12-21-25(29)30-16-39-21)15-38-27-23(26(34)32(24)27)31-22(33)13-17-5-3-2-4-6-17/h2-12,16,23,27H,13-15H2,1H3,(H,31,33)/b12-9+/t23?,27-/m1/s1. The number of benzene rings is 2. The fourth-order valence-electron chi connectivity index (χ4n) is 4.23. The van der Waals surface area contributed by atoms with Crippen molar-refractivity contribution in [1.82, 2.24) is 15.2 Å². The van der Waals surface area contributed by atoms with E-state index < -0.39 is 17.4 Å². The maximum Gasteiger partial charge on any atom is 0.355 e. The third kappa shape index (κ3) is 6.03. The summed E-state index contributed by atoms with van der Waals surface area (Å²) in [5.41, 5.74) is 4.06. The van der Waals surface area contributed by atoms with Crippen molar-refractivity contribution in [1.29, 1.82) is 0 Å². The molecule has 5 rings (SSSR count). The van der Waals surface area contributed by atoms with Crippen LogP contribution in [0.3, 0.4) is 0 Å². The largest absolute Gasteiger partial charge is 0.497 e. The number of carbonyl (C=O) groups is 3. The number of β-lactam (4-membered cyclic amide) rings is 1. The van der Waals surface area contributed by atoms with Gasteiger partial charge in [0.1, 0.15) is 34.6 Å². The number of rotatable bonds is 9. The predicted molar refractivity (Wildman–Crippen MR) is 151 cm³/mol. The van der Waals surface area contributed by atoms with E-state index in [1.807, 2.05) is 30.3 Å². The minimum atomic E-state index is -0.725. The monoisotopic (exact) mass is 581 g/mol. The average Bonchev–Trinajstić information content (AvgIpc) is 3.38. The lowest BCUT2D eigenvalue weighted by Crippen LogP contribution is -2.70. The summed E-state index contributed by atoms with van der Waals surface area (Å²) in [4.78, 5) is 45.5. The lowest BCUT2D eigenvalue weighted by Gasteiger charge is -2.49. The number of allylic oxidation sites excluding steroid dienone is 1. The van der Waals surface area contributed by atoms with Crippen LogP contribution in [0.4, 0.5) is 0 Å². The molecule has 2 amide bonds. The molecule has 1 fully saturated rings. The zero-order valence-electron chi connectivity index (χ0n) is 20.8. The summed E-state index contributed by atoms with van der Waals surface area (Å²) < 4.78 is 10.8. The first-order chi connectivity index (χ1) is 18.9. The topological polar surface area (TPSA) is 97.8 Å². The maximum absolute atomic E-state index is 13.4. The van der Waals surface area contributed by atoms with Crippen LogP contribution in [-0.2, 0) is 32.1 Å². The Kier molecular flexibility index (Phi) is 8.35. The number of methoxy groups -OCH3 is 1. The highest BCUT2D eigenvalue weighted by atomic mass is 35.5. The van der Waals surface area contributed by atoms with Crippen molar-refractivity contribution in [2.75, 3.05) is 12.9 Å². The summed E-state index contributed by atoms with van der Waals surface area (Å²) in [6.45, 7) is 0.0288. The molecule has 200 valence electrons. The summed E-state index contributed by atoms with van der Waals surface area (Å²) in [5, 5.41) is 2.79. The van der Waals surface area contributed by atoms with Crippen LogP contribution in [0.25, 0.3) is 6.08 Å². The molecule has 39 heavy (non-hydrogen) atoms. The van der Waals surface area contributed by atoms with Gasteiger partial charge in [-0.2, -0.15) is 0 Å². The van der Waals surface area contributed by atoms with Crippen molar-refractivity contribution in [2.24, 2.45) is 0 Å². The molecule has 1 aromatic heterocycles. The van der Waals surface area contributed by atoms with Crippen LogP contribution in [0.15, 0.2) is 77.5 Å². The Hall–Kier alpha value is -3.60. The van der Waals surface area contributed by atoms with Crippen molar-refractivity contribution in [3.63, 3.8) is 0 Å². The highest BCUT2D eigenvalue weighted by Gasteiger charge is 2.54. The average molecular weight is 582 g/mol. The molecule has 2 aliphatic heterocycles. The molecule has 0 spiro atoms. The van der Waals surface area contributed by atoms with E-state index in [2.05, 4.69) is 10.3 Å². The Morgan fingerprint density at radius 1 is 1.13 bits per heavy atom. The van der Waals surface area contributed by atoms with Gasteiger partial charge in [0, 0.05) is 5.75 Å². The van der Waals surface area contributed by atoms with Gasteiger partial charge in [0.15, 0.2) is 0 Å². The van der Waals surface area contributed by atoms with Gasteiger partial charge in [0.05, 0.1) is 23.9 Å². The van der Waals surface area contributed by atoms with Gasteiger partial charge in [-0.25, -0.2) is 9.78 Å². The minimum absolute atomic E-state index is 0.0288. The van der Waals surface area contributed by atoms with E-state index in [4.69, 9.17) is 21.1 Å². The Morgan fingerprint density at radius 3 is 2.59 bits per heavy atom. The second-order valence-electron chi connectivity index (χ2n) is 8.76. The number of nitrogens with one attached hydrogen (secondary N) is 1. The number of ether oxygens (including phenoxy) is 2. The van der Waals surface area contributed by atoms with E-state index >= 15 is 0 Å². The second kappa shape index (κ2) is 12.1. The van der Waals surface area contributed by atoms with Crippen LogP contribution < -0.4 is 10.1 Å². The number of carbonyl (C=O) groups excluding carboxylic acids is 3. The van der Waals surface area contributed by atoms with E-state index in [-0.39, 0.29) is 30.5 Å². The molecule has 1 saturated heterocycles. The number of thiazole rings is 1. The van der Waals surface area contributed by atoms with Gasteiger partial charge < -0.3 is 14.8 Å². The number of hydrogen-bond donors (Lipinski definition) is 1. The van der Waals surface area contributed by atoms with Crippen molar-refractivity contribution in [2.45, 2.75) is 24.4 Å². The van der Waals surface area contributed by atoms with Crippen LogP contribution >= 0.6 is 34.7 Å². The van der Waals surface area contributed by atoms with Crippen molar-refractivity contribution in [3.05, 3.63) is 98.6 Å². The second-order valence-corrected chi connectivity index (χ2v) is 11.1. The predicted octanol–water partition coefficient (Wildman–Crippen LogP) is 4.46. The normalized spacial score (nSPS) is 18.5. The molecule has 3 heterocycles. The molecule has 0 aliphatic carbocycles. The minimum Gasteiger partial charge on any atom is -0.497 e. The number of nitrogens with zero attached hydrogens (tertiary/aromatic N) is 2. The first-order valence-corrected chi connectivity index (χ1v) is 14.3. The Labute approximate surface area is 238 Å². The molecule has 2 atom stereocenters. The molecule has 3 aromatic rings. The SMILES string of the molecule is COc1ccc(COC(=O)C2=C(/C=C/c3scnc3Cl)CS[C@@H]3C(NC(=O)Cc4ccccc4)C(=O)N23)cc1. The van der Waals surface area contributed by atoms with Gasteiger partial charge in [-0.3, -0.25) is 14.5 Å². The van der Waals surface area contributed by atoms with E-state index in [0.29, 0.717) is 22.2 Å². The third-order valence-corrected chi connectivity index (χ3v) is 8.74. The lowest BCUT2D eigenvalue weighted by atomic mass is 10.0.